The highest BCUT2D eigenvalue weighted by Crippen LogP contribution is 2.50. The Kier molecular flexibility index (Phi) is 8.79. The van der Waals surface area contributed by atoms with Crippen molar-refractivity contribution in [2.24, 2.45) is 17.3 Å². The Bertz CT molecular complexity index is 736. The molecule has 0 saturated carbocycles. The molecule has 2 atom stereocenters. The molecule has 0 aliphatic carbocycles. The van der Waals surface area contributed by atoms with Gasteiger partial charge in [0.05, 0.1) is 6.61 Å². The molecule has 184 valence electrons. The SMILES string of the molecule is CCCCC(CC)COc1cc2c(cc1C(C)(C)CC(C)(C)C)OC(C)(C)CC2C(C)C. The quantitative estimate of drug-likeness (QED) is 0.358. The number of hydrogen-bond donors (Lipinski definition) is 0. The summed E-state index contributed by atoms with van der Waals surface area (Å²) < 4.78 is 13.2. The first-order valence-electron chi connectivity index (χ1n) is 13.2. The summed E-state index contributed by atoms with van der Waals surface area (Å²) in [6.45, 7) is 26.3. The first kappa shape index (κ1) is 27.1. The Hall–Kier alpha value is -1.18. The molecule has 1 aromatic carbocycles. The molecule has 0 N–H and O–H groups in total. The van der Waals surface area contributed by atoms with Crippen molar-refractivity contribution in [1.82, 2.24) is 0 Å². The van der Waals surface area contributed by atoms with Crippen molar-refractivity contribution in [3.63, 3.8) is 0 Å². The number of fused-ring (bicyclic) bond motifs is 1. The topological polar surface area (TPSA) is 18.5 Å². The van der Waals surface area contributed by atoms with E-state index in [4.69, 9.17) is 9.47 Å². The summed E-state index contributed by atoms with van der Waals surface area (Å²) in [4.78, 5) is 0. The molecule has 1 aliphatic heterocycles. The van der Waals surface area contributed by atoms with Crippen molar-refractivity contribution in [2.75, 3.05) is 6.61 Å². The van der Waals surface area contributed by atoms with Crippen molar-refractivity contribution < 1.29 is 9.47 Å². The van der Waals surface area contributed by atoms with Crippen LogP contribution in [-0.2, 0) is 5.41 Å². The molecule has 0 aromatic heterocycles. The van der Waals surface area contributed by atoms with E-state index in [0.717, 1.165) is 30.9 Å². The monoisotopic (exact) mass is 444 g/mol. The van der Waals surface area contributed by atoms with Gasteiger partial charge in [0.15, 0.2) is 0 Å². The van der Waals surface area contributed by atoms with Gasteiger partial charge in [-0.15, -0.1) is 0 Å². The zero-order valence-corrected chi connectivity index (χ0v) is 23.2. The third kappa shape index (κ3) is 7.16. The van der Waals surface area contributed by atoms with Crippen molar-refractivity contribution in [3.8, 4) is 11.5 Å². The summed E-state index contributed by atoms with van der Waals surface area (Å²) in [5.74, 6) is 3.86. The summed E-state index contributed by atoms with van der Waals surface area (Å²) in [6.07, 6.45) is 7.12. The van der Waals surface area contributed by atoms with Gasteiger partial charge in [-0.25, -0.2) is 0 Å². The molecule has 0 fully saturated rings. The highest BCUT2D eigenvalue weighted by atomic mass is 16.5. The summed E-state index contributed by atoms with van der Waals surface area (Å²) in [5, 5.41) is 0. The third-order valence-electron chi connectivity index (χ3n) is 7.13. The van der Waals surface area contributed by atoms with Gasteiger partial charge in [-0.05, 0) is 73.8 Å². The van der Waals surface area contributed by atoms with Crippen LogP contribution in [0.5, 0.6) is 11.5 Å². The Morgan fingerprint density at radius 2 is 1.75 bits per heavy atom. The second-order valence-corrected chi connectivity index (χ2v) is 13.2. The fourth-order valence-corrected chi connectivity index (χ4v) is 5.70. The van der Waals surface area contributed by atoms with Gasteiger partial charge in [-0.3, -0.25) is 0 Å². The minimum atomic E-state index is -0.136. The number of hydrogen-bond acceptors (Lipinski definition) is 2. The third-order valence-corrected chi connectivity index (χ3v) is 7.13. The molecule has 32 heavy (non-hydrogen) atoms. The van der Waals surface area contributed by atoms with E-state index in [0.29, 0.717) is 17.8 Å². The summed E-state index contributed by atoms with van der Waals surface area (Å²) in [5.41, 5.74) is 2.75. The molecule has 1 heterocycles. The van der Waals surface area contributed by atoms with E-state index in [1.165, 1.54) is 36.8 Å². The van der Waals surface area contributed by atoms with E-state index in [-0.39, 0.29) is 16.4 Å². The van der Waals surface area contributed by atoms with Crippen LogP contribution in [0.3, 0.4) is 0 Å². The van der Waals surface area contributed by atoms with Gasteiger partial charge in [-0.1, -0.05) is 81.6 Å². The van der Waals surface area contributed by atoms with Crippen LogP contribution >= 0.6 is 0 Å². The van der Waals surface area contributed by atoms with E-state index in [1.54, 1.807) is 0 Å². The van der Waals surface area contributed by atoms with E-state index >= 15 is 0 Å². The number of ether oxygens (including phenoxy) is 2. The first-order chi connectivity index (χ1) is 14.7. The molecular formula is C30H52O2. The average molecular weight is 445 g/mol. The maximum absolute atomic E-state index is 6.68. The molecule has 2 heteroatoms. The molecule has 0 bridgehead atoms. The van der Waals surface area contributed by atoms with Crippen molar-refractivity contribution in [2.45, 2.75) is 132 Å². The molecule has 1 aromatic rings. The maximum atomic E-state index is 6.68. The van der Waals surface area contributed by atoms with Crippen LogP contribution in [0.4, 0.5) is 0 Å². The maximum Gasteiger partial charge on any atom is 0.124 e. The largest absolute Gasteiger partial charge is 0.493 e. The van der Waals surface area contributed by atoms with Gasteiger partial charge in [0, 0.05) is 11.1 Å². The van der Waals surface area contributed by atoms with Crippen LogP contribution < -0.4 is 9.47 Å². The molecule has 2 rings (SSSR count). The molecule has 0 amide bonds. The molecule has 0 spiro atoms. The van der Waals surface area contributed by atoms with Gasteiger partial charge in [0.25, 0.3) is 0 Å². The van der Waals surface area contributed by atoms with E-state index in [2.05, 4.69) is 88.3 Å². The van der Waals surface area contributed by atoms with Crippen LogP contribution in [0.2, 0.25) is 0 Å². The highest BCUT2D eigenvalue weighted by Gasteiger charge is 2.38. The van der Waals surface area contributed by atoms with Gasteiger partial charge < -0.3 is 9.47 Å². The van der Waals surface area contributed by atoms with Crippen LogP contribution in [0.25, 0.3) is 0 Å². The first-order valence-corrected chi connectivity index (χ1v) is 13.2. The Balaban J connectivity index is 2.52. The lowest BCUT2D eigenvalue weighted by molar-refractivity contribution is 0.0632. The zero-order chi connectivity index (χ0) is 24.3. The minimum Gasteiger partial charge on any atom is -0.493 e. The molecule has 2 nitrogen and oxygen atoms in total. The van der Waals surface area contributed by atoms with E-state index < -0.39 is 0 Å². The lowest BCUT2D eigenvalue weighted by Gasteiger charge is -2.41. The second-order valence-electron chi connectivity index (χ2n) is 13.2. The average Bonchev–Trinajstić information content (AvgIpc) is 2.64. The van der Waals surface area contributed by atoms with Crippen LogP contribution in [0.1, 0.15) is 132 Å². The molecule has 0 radical (unpaired) electrons. The zero-order valence-electron chi connectivity index (χ0n) is 23.2. The van der Waals surface area contributed by atoms with Gasteiger partial charge >= 0.3 is 0 Å². The Morgan fingerprint density at radius 3 is 2.28 bits per heavy atom. The Morgan fingerprint density at radius 1 is 1.09 bits per heavy atom. The normalized spacial score (nSPS) is 19.4. The van der Waals surface area contributed by atoms with E-state index in [9.17, 15) is 0 Å². The fourth-order valence-electron chi connectivity index (χ4n) is 5.70. The van der Waals surface area contributed by atoms with Gasteiger partial charge in [-0.2, -0.15) is 0 Å². The van der Waals surface area contributed by atoms with Crippen molar-refractivity contribution in [3.05, 3.63) is 23.3 Å². The molecular weight excluding hydrogens is 392 g/mol. The van der Waals surface area contributed by atoms with Gasteiger partial charge in [0.1, 0.15) is 17.1 Å². The summed E-state index contributed by atoms with van der Waals surface area (Å²) in [6, 6.07) is 4.68. The lowest BCUT2D eigenvalue weighted by atomic mass is 9.70. The van der Waals surface area contributed by atoms with Crippen molar-refractivity contribution >= 4 is 0 Å². The standard InChI is InChI=1S/C30H52O2/c1-12-14-15-22(13-2)19-31-27-16-23-24(21(3)4)18-30(10,11)32-26(23)17-25(27)29(8,9)20-28(5,6)7/h16-17,21-22,24H,12-15,18-20H2,1-11H3. The number of unbranched alkanes of at least 4 members (excludes halogenated alkanes) is 1. The summed E-state index contributed by atoms with van der Waals surface area (Å²) in [7, 11) is 0. The fraction of sp³-hybridized carbons (Fsp3) is 0.800. The van der Waals surface area contributed by atoms with Crippen LogP contribution in [-0.4, -0.2) is 12.2 Å². The predicted octanol–water partition coefficient (Wildman–Crippen LogP) is 9.30. The van der Waals surface area contributed by atoms with Gasteiger partial charge in [0.2, 0.25) is 0 Å². The predicted molar refractivity (Wildman–Crippen MR) is 139 cm³/mol. The second kappa shape index (κ2) is 10.4. The molecule has 1 aliphatic rings. The van der Waals surface area contributed by atoms with Crippen LogP contribution in [0, 0.1) is 17.3 Å². The Labute approximate surface area is 199 Å². The van der Waals surface area contributed by atoms with Crippen molar-refractivity contribution in [1.29, 1.82) is 0 Å². The highest BCUT2D eigenvalue weighted by molar-refractivity contribution is 5.52. The van der Waals surface area contributed by atoms with E-state index in [1.807, 2.05) is 0 Å². The number of rotatable bonds is 10. The minimum absolute atomic E-state index is 0.00597. The number of benzene rings is 1. The smallest absolute Gasteiger partial charge is 0.124 e. The summed E-state index contributed by atoms with van der Waals surface area (Å²) >= 11 is 0. The lowest BCUT2D eigenvalue weighted by Crippen LogP contribution is -2.36. The molecule has 0 saturated heterocycles. The van der Waals surface area contributed by atoms with Crippen LogP contribution in [0.15, 0.2) is 12.1 Å². The molecule has 2 unspecified atom stereocenters.